The van der Waals surface area contributed by atoms with Crippen molar-refractivity contribution in [2.75, 3.05) is 13.2 Å². The number of ether oxygens (including phenoxy) is 10. The van der Waals surface area contributed by atoms with Crippen molar-refractivity contribution in [3.05, 3.63) is 94.1 Å². The Morgan fingerprint density at radius 2 is 0.913 bits per heavy atom. The zero-order chi connectivity index (χ0) is 68.0. The average Bonchev–Trinajstić information content (AvgIpc) is 0.676. The molecule has 0 spiro atoms. The molecule has 4 saturated carbocycles. The lowest BCUT2D eigenvalue weighted by Gasteiger charge is -2.69. The molecule has 0 aromatic heterocycles. The highest BCUT2D eigenvalue weighted by molar-refractivity contribution is 7.10. The molecule has 21 atom stereocenters. The Hall–Kier alpha value is -6.07. The van der Waals surface area contributed by atoms with Gasteiger partial charge in [0.25, 0.3) is 0 Å². The van der Waals surface area contributed by atoms with Gasteiger partial charge >= 0.3 is 47.8 Å². The number of aliphatic hydroxyl groups is 3. The topological polar surface area (TPSA) is 325 Å². The van der Waals surface area contributed by atoms with Crippen molar-refractivity contribution in [1.29, 1.82) is 0 Å². The Kier molecular flexibility index (Phi) is 19.3. The number of esters is 8. The van der Waals surface area contributed by atoms with E-state index in [2.05, 4.69) is 18.9 Å². The van der Waals surface area contributed by atoms with Gasteiger partial charge in [0, 0.05) is 102 Å². The molecular formula is C66H84O24P2. The molecule has 8 aliphatic rings. The fourth-order valence-electron chi connectivity index (χ4n) is 17.0. The number of rotatable bonds is 12. The lowest BCUT2D eigenvalue weighted by Crippen LogP contribution is -2.82. The van der Waals surface area contributed by atoms with Crippen LogP contribution in [0.2, 0.25) is 0 Å². The predicted molar refractivity (Wildman–Crippen MR) is 327 cm³/mol. The highest BCUT2D eigenvalue weighted by atomic mass is 31.0. The molecule has 24 nitrogen and oxygen atoms in total. The van der Waals surface area contributed by atoms with E-state index in [-0.39, 0.29) is 55.6 Å². The molecule has 2 unspecified atom stereocenters. The minimum absolute atomic E-state index is 0.0948. The van der Waals surface area contributed by atoms with E-state index in [1.165, 1.54) is 41.5 Å². The number of carbonyl (C=O) groups is 9. The van der Waals surface area contributed by atoms with Crippen LogP contribution in [0.5, 0.6) is 0 Å². The molecule has 2 aromatic rings. The first kappa shape index (κ1) is 70.3. The van der Waals surface area contributed by atoms with E-state index in [0.29, 0.717) is 16.7 Å². The fraction of sp³-hybridized carbons (Fsp3) is 0.621. The van der Waals surface area contributed by atoms with E-state index < -0.39 is 177 Å². The molecule has 3 N–H and O–H groups in total. The van der Waals surface area contributed by atoms with Crippen LogP contribution < -0.4 is 0 Å². The lowest BCUT2D eigenvalue weighted by atomic mass is 9.44. The van der Waals surface area contributed by atoms with Crippen molar-refractivity contribution in [3.63, 3.8) is 0 Å². The molecule has 502 valence electrons. The van der Waals surface area contributed by atoms with Gasteiger partial charge in [-0.1, -0.05) is 71.0 Å². The molecule has 26 heteroatoms. The molecule has 0 radical (unpaired) electrons. The van der Waals surface area contributed by atoms with Gasteiger partial charge in [-0.3, -0.25) is 33.6 Å². The first-order chi connectivity index (χ1) is 42.9. The first-order valence-corrected chi connectivity index (χ1v) is 31.5. The SMILES string of the molecule is CC(=O)O[C@H]1C(=O)[C@]2(C)[C@@H](OP)C[C@H]3OC[C@@]3(OC(C)=O)[C@H]2[C@H](OC(=O)c2ccccc2)[C@]2(O)C[C@H](OC(C)=O)C(C)=C1C2(C)C.CC(=O)O[C@H]1C[C@@]2(O)[C@@H](OC(=O)c3ccccc3)[C@@H]3[C@]4(OC(C)=O)CO[C@@H]4C[C@H](OP)[C@@]3(C)[C@@H](O)[C@H](OC(C)=O)C(=C1C)C2(C)C. The zero-order valence-corrected chi connectivity index (χ0v) is 56.4. The van der Waals surface area contributed by atoms with Crippen LogP contribution in [-0.4, -0.2) is 172 Å². The molecule has 2 aromatic carbocycles. The number of hydrogen-bond donors (Lipinski definition) is 3. The van der Waals surface area contributed by atoms with Gasteiger partial charge in [0.2, 0.25) is 0 Å². The van der Waals surface area contributed by atoms with Crippen molar-refractivity contribution in [3.8, 4) is 0 Å². The molecule has 2 saturated heterocycles. The minimum Gasteiger partial charge on any atom is -0.458 e. The van der Waals surface area contributed by atoms with Crippen LogP contribution in [0.4, 0.5) is 0 Å². The van der Waals surface area contributed by atoms with Gasteiger partial charge in [0.05, 0.1) is 53.8 Å². The smallest absolute Gasteiger partial charge is 0.338 e. The van der Waals surface area contributed by atoms with E-state index in [0.717, 1.165) is 0 Å². The first-order valence-electron chi connectivity index (χ1n) is 30.5. The molecular weight excluding hydrogens is 1240 g/mol. The summed E-state index contributed by atoms with van der Waals surface area (Å²) in [6.45, 7) is 20.3. The van der Waals surface area contributed by atoms with Crippen LogP contribution in [-0.2, 0) is 90.0 Å². The van der Waals surface area contributed by atoms with E-state index >= 15 is 4.79 Å². The van der Waals surface area contributed by atoms with Crippen LogP contribution in [0.15, 0.2) is 83.0 Å². The molecule has 6 fully saturated rings. The van der Waals surface area contributed by atoms with Crippen molar-refractivity contribution in [1.82, 2.24) is 0 Å². The third kappa shape index (κ3) is 11.1. The molecule has 92 heavy (non-hydrogen) atoms. The Bertz CT molecular complexity index is 3370. The van der Waals surface area contributed by atoms with Crippen molar-refractivity contribution >= 4 is 72.5 Å². The van der Waals surface area contributed by atoms with Gasteiger partial charge in [0.15, 0.2) is 29.2 Å². The molecule has 10 rings (SSSR count). The van der Waals surface area contributed by atoms with Crippen LogP contribution in [0.3, 0.4) is 0 Å². The Labute approximate surface area is 538 Å². The molecule has 0 amide bonds. The van der Waals surface area contributed by atoms with E-state index in [4.69, 9.17) is 56.4 Å². The van der Waals surface area contributed by atoms with Crippen molar-refractivity contribution in [2.45, 2.75) is 212 Å². The van der Waals surface area contributed by atoms with Crippen molar-refractivity contribution in [2.24, 2.45) is 33.5 Å². The second-order valence-electron chi connectivity index (χ2n) is 27.1. The monoisotopic (exact) mass is 1320 g/mol. The molecule has 2 heterocycles. The Balaban J connectivity index is 0.000000217. The average molecular weight is 1320 g/mol. The quantitative estimate of drug-likeness (QED) is 0.0968. The Morgan fingerprint density at radius 1 is 0.522 bits per heavy atom. The second kappa shape index (κ2) is 25.2. The van der Waals surface area contributed by atoms with E-state index in [9.17, 15) is 53.7 Å². The highest BCUT2D eigenvalue weighted by Crippen LogP contribution is 2.68. The second-order valence-corrected chi connectivity index (χ2v) is 27.7. The van der Waals surface area contributed by atoms with Crippen LogP contribution in [0, 0.1) is 33.5 Å². The summed E-state index contributed by atoms with van der Waals surface area (Å²) in [5, 5.41) is 39.1. The maximum absolute atomic E-state index is 15.2. The van der Waals surface area contributed by atoms with Crippen LogP contribution >= 0.6 is 18.9 Å². The summed E-state index contributed by atoms with van der Waals surface area (Å²) in [4.78, 5) is 119. The van der Waals surface area contributed by atoms with Gasteiger partial charge < -0.3 is 71.7 Å². The number of Topliss-reactive ketones (excluding diaryl/α,β-unsaturated/α-hetero) is 1. The van der Waals surface area contributed by atoms with Gasteiger partial charge in [-0.2, -0.15) is 0 Å². The largest absolute Gasteiger partial charge is 0.458 e. The predicted octanol–water partition coefficient (Wildman–Crippen LogP) is 5.87. The molecule has 2 aliphatic heterocycles. The van der Waals surface area contributed by atoms with Crippen LogP contribution in [0.25, 0.3) is 0 Å². The highest BCUT2D eigenvalue weighted by Gasteiger charge is 2.81. The third-order valence-corrected chi connectivity index (χ3v) is 22.1. The summed E-state index contributed by atoms with van der Waals surface area (Å²) in [7, 11) is 4.36. The lowest BCUT2D eigenvalue weighted by molar-refractivity contribution is -0.362. The number of aliphatic hydroxyl groups excluding tert-OH is 1. The maximum atomic E-state index is 15.2. The number of hydrogen-bond acceptors (Lipinski definition) is 24. The number of ketones is 1. The summed E-state index contributed by atoms with van der Waals surface area (Å²) >= 11 is 0. The summed E-state index contributed by atoms with van der Waals surface area (Å²) < 4.78 is 71.7. The van der Waals surface area contributed by atoms with Gasteiger partial charge in [0.1, 0.15) is 53.9 Å². The van der Waals surface area contributed by atoms with Gasteiger partial charge in [-0.25, -0.2) is 9.59 Å². The fourth-order valence-corrected chi connectivity index (χ4v) is 17.8. The summed E-state index contributed by atoms with van der Waals surface area (Å²) in [5.74, 6) is -8.75. The van der Waals surface area contributed by atoms with Gasteiger partial charge in [-0.15, -0.1) is 0 Å². The minimum atomic E-state index is -2.10. The zero-order valence-electron chi connectivity index (χ0n) is 54.1. The number of carbonyl (C=O) groups excluding carboxylic acids is 9. The number of fused-ring (bicyclic) bond motifs is 10. The summed E-state index contributed by atoms with van der Waals surface area (Å²) in [6.07, 6.45) is -13.3. The normalized spacial score (nSPS) is 38.5. The summed E-state index contributed by atoms with van der Waals surface area (Å²) in [6, 6.07) is 16.3. The van der Waals surface area contributed by atoms with Crippen LogP contribution in [0.1, 0.15) is 143 Å². The van der Waals surface area contributed by atoms with E-state index in [1.54, 1.807) is 116 Å². The number of benzene rings is 2. The summed E-state index contributed by atoms with van der Waals surface area (Å²) in [5.41, 5.74) is -11.5. The molecule has 4 bridgehead atoms. The standard InChI is InChI=1S/C33H43O12P.C33H41O12P/c2*1-16-21(41-17(2)34)14-33(39)28(43-29(38)20-11-9-8-10-12-20)26-31(7,27(37)25(42-18(3)35)24(16)30(33,5)6)22(45-46)13-23-32(26,15-40-23)44-19(4)36/h8-12,21-23,25-28,37,39H,13-15,46H2,1-7H3;8-12,21-23,25-26,28,39H,13-15,46H2,1-7H3/t21-,22-,23+,25+,26-,27-,28-,31+,32-,33+;21-,22-,23+,25+,26-,28-,31+,32-,33+/m00/s1. The molecule has 6 aliphatic carbocycles. The van der Waals surface area contributed by atoms with E-state index in [1.807, 2.05) is 0 Å². The van der Waals surface area contributed by atoms with Crippen molar-refractivity contribution < 1.29 is 115 Å². The third-order valence-electron chi connectivity index (χ3n) is 21.5. The van der Waals surface area contributed by atoms with Gasteiger partial charge in [-0.05, 0) is 67.3 Å². The maximum Gasteiger partial charge on any atom is 0.338 e. The Morgan fingerprint density at radius 3 is 1.30 bits per heavy atom.